The third kappa shape index (κ3) is 5.30. The molecule has 0 saturated carbocycles. The summed E-state index contributed by atoms with van der Waals surface area (Å²) >= 11 is 0. The smallest absolute Gasteiger partial charge is 0.240 e. The fraction of sp³-hybridized carbons (Fsp3) is 0.222. The summed E-state index contributed by atoms with van der Waals surface area (Å²) < 4.78 is 0. The highest BCUT2D eigenvalue weighted by Gasteiger charge is 2.29. The summed E-state index contributed by atoms with van der Waals surface area (Å²) in [5.74, 6) is -0.0507. The summed E-state index contributed by atoms with van der Waals surface area (Å²) in [6, 6.07) is 29.1. The van der Waals surface area contributed by atoms with Gasteiger partial charge in [-0.3, -0.25) is 9.80 Å². The first kappa shape index (κ1) is 21.5. The van der Waals surface area contributed by atoms with Crippen LogP contribution in [0.5, 0.6) is 0 Å². The number of hydrogen-bond acceptors (Lipinski definition) is 4. The summed E-state index contributed by atoms with van der Waals surface area (Å²) in [6.45, 7) is 2.06. The van der Waals surface area contributed by atoms with Crippen LogP contribution < -0.4 is 10.4 Å². The number of anilines is 1. The third-order valence-corrected chi connectivity index (χ3v) is 5.52. The highest BCUT2D eigenvalue weighted by atomic mass is 16.2. The number of nitrogens with one attached hydrogen (secondary N) is 1. The van der Waals surface area contributed by atoms with Gasteiger partial charge in [-0.25, -0.2) is 5.43 Å². The number of hydrogen-bond donors (Lipinski definition) is 1. The van der Waals surface area contributed by atoms with Gasteiger partial charge in [0.05, 0.1) is 23.7 Å². The first-order valence-corrected chi connectivity index (χ1v) is 11.1. The van der Waals surface area contributed by atoms with E-state index in [1.807, 2.05) is 48.5 Å². The SMILES string of the molecule is CCCCC(=O)N/N=C/c1ccc(N2N=C(c3ccccc3)CC2c2ccccc2)cc1. The van der Waals surface area contributed by atoms with Gasteiger partial charge in [0.15, 0.2) is 0 Å². The molecule has 1 heterocycles. The summed E-state index contributed by atoms with van der Waals surface area (Å²) in [4.78, 5) is 11.7. The molecular weight excluding hydrogens is 396 g/mol. The summed E-state index contributed by atoms with van der Waals surface area (Å²) in [7, 11) is 0. The second-order valence-electron chi connectivity index (χ2n) is 7.88. The van der Waals surface area contributed by atoms with Crippen LogP contribution in [0.4, 0.5) is 5.69 Å². The van der Waals surface area contributed by atoms with Gasteiger partial charge >= 0.3 is 0 Å². The van der Waals surface area contributed by atoms with Crippen molar-refractivity contribution in [3.8, 4) is 0 Å². The van der Waals surface area contributed by atoms with E-state index in [0.717, 1.165) is 41.8 Å². The minimum atomic E-state index is -0.0507. The van der Waals surface area contributed by atoms with Crippen LogP contribution in [0.15, 0.2) is 95.1 Å². The zero-order chi connectivity index (χ0) is 22.2. The second kappa shape index (κ2) is 10.5. The lowest BCUT2D eigenvalue weighted by Gasteiger charge is -2.24. The number of unbranched alkanes of at least 4 members (excludes halogenated alkanes) is 1. The number of nitrogens with zero attached hydrogens (tertiary/aromatic N) is 3. The van der Waals surface area contributed by atoms with Gasteiger partial charge in [-0.1, -0.05) is 86.1 Å². The minimum Gasteiger partial charge on any atom is -0.273 e. The second-order valence-corrected chi connectivity index (χ2v) is 7.88. The number of hydrazone groups is 2. The van der Waals surface area contributed by atoms with Crippen LogP contribution in [0.3, 0.4) is 0 Å². The Morgan fingerprint density at radius 2 is 1.72 bits per heavy atom. The molecule has 0 saturated heterocycles. The molecule has 5 nitrogen and oxygen atoms in total. The fourth-order valence-electron chi connectivity index (χ4n) is 3.77. The molecular formula is C27H28N4O. The molecule has 1 atom stereocenters. The molecule has 1 aliphatic heterocycles. The quantitative estimate of drug-likeness (QED) is 0.373. The standard InChI is InChI=1S/C27H28N4O/c1-2-3-14-27(32)29-28-20-21-15-17-24(18-16-21)31-26(23-12-8-5-9-13-23)19-25(30-31)22-10-6-4-7-11-22/h4-13,15-18,20,26H,2-3,14,19H2,1H3,(H,29,32)/b28-20+. The van der Waals surface area contributed by atoms with Gasteiger partial charge in [0.2, 0.25) is 5.91 Å². The van der Waals surface area contributed by atoms with E-state index in [9.17, 15) is 4.79 Å². The van der Waals surface area contributed by atoms with E-state index in [0.29, 0.717) is 6.42 Å². The van der Waals surface area contributed by atoms with E-state index >= 15 is 0 Å². The van der Waals surface area contributed by atoms with Gasteiger partial charge in [-0.2, -0.15) is 10.2 Å². The largest absolute Gasteiger partial charge is 0.273 e. The van der Waals surface area contributed by atoms with Crippen LogP contribution >= 0.6 is 0 Å². The van der Waals surface area contributed by atoms with Gasteiger partial charge in [0.1, 0.15) is 0 Å². The molecule has 0 aromatic heterocycles. The van der Waals surface area contributed by atoms with E-state index in [4.69, 9.17) is 5.10 Å². The van der Waals surface area contributed by atoms with Crippen molar-refractivity contribution >= 4 is 23.5 Å². The predicted octanol–water partition coefficient (Wildman–Crippen LogP) is 5.68. The Kier molecular flexibility index (Phi) is 7.08. The molecule has 0 aliphatic carbocycles. The lowest BCUT2D eigenvalue weighted by Crippen LogP contribution is -2.18. The van der Waals surface area contributed by atoms with Crippen molar-refractivity contribution in [2.45, 2.75) is 38.6 Å². The predicted molar refractivity (Wildman–Crippen MR) is 131 cm³/mol. The fourth-order valence-corrected chi connectivity index (χ4v) is 3.77. The molecule has 3 aromatic carbocycles. The molecule has 5 heteroatoms. The van der Waals surface area contributed by atoms with Gasteiger partial charge in [0, 0.05) is 12.8 Å². The van der Waals surface area contributed by atoms with Crippen LogP contribution in [0.2, 0.25) is 0 Å². The van der Waals surface area contributed by atoms with Crippen molar-refractivity contribution in [3.63, 3.8) is 0 Å². The molecule has 0 bridgehead atoms. The van der Waals surface area contributed by atoms with Gasteiger partial charge in [0.25, 0.3) is 0 Å². The van der Waals surface area contributed by atoms with Crippen LogP contribution in [-0.2, 0) is 4.79 Å². The highest BCUT2D eigenvalue weighted by molar-refractivity contribution is 6.03. The highest BCUT2D eigenvalue weighted by Crippen LogP contribution is 2.36. The van der Waals surface area contributed by atoms with E-state index in [1.165, 1.54) is 5.56 Å². The minimum absolute atomic E-state index is 0.0507. The summed E-state index contributed by atoms with van der Waals surface area (Å²) in [5.41, 5.74) is 8.01. The normalized spacial score (nSPS) is 15.7. The lowest BCUT2D eigenvalue weighted by atomic mass is 9.98. The van der Waals surface area contributed by atoms with E-state index in [1.54, 1.807) is 6.21 Å². The van der Waals surface area contributed by atoms with Crippen molar-refractivity contribution in [3.05, 3.63) is 102 Å². The summed E-state index contributed by atoms with van der Waals surface area (Å²) in [6.07, 6.45) is 4.89. The molecule has 1 unspecified atom stereocenters. The Bertz CT molecular complexity index is 1080. The zero-order valence-corrected chi connectivity index (χ0v) is 18.3. The Labute approximate surface area is 189 Å². The molecule has 162 valence electrons. The number of amides is 1. The van der Waals surface area contributed by atoms with Crippen molar-refractivity contribution in [1.29, 1.82) is 0 Å². The maximum absolute atomic E-state index is 11.7. The average Bonchev–Trinajstić information content (AvgIpc) is 3.30. The molecule has 3 aromatic rings. The van der Waals surface area contributed by atoms with E-state index in [-0.39, 0.29) is 11.9 Å². The van der Waals surface area contributed by atoms with Gasteiger partial charge in [-0.05, 0) is 35.2 Å². The number of benzene rings is 3. The number of carbonyl (C=O) groups excluding carboxylic acids is 1. The molecule has 1 aliphatic rings. The van der Waals surface area contributed by atoms with Crippen molar-refractivity contribution in [2.75, 3.05) is 5.01 Å². The van der Waals surface area contributed by atoms with Crippen molar-refractivity contribution in [2.24, 2.45) is 10.2 Å². The van der Waals surface area contributed by atoms with Gasteiger partial charge < -0.3 is 0 Å². The van der Waals surface area contributed by atoms with Crippen LogP contribution in [0, 0.1) is 0 Å². The number of carbonyl (C=O) groups is 1. The van der Waals surface area contributed by atoms with E-state index < -0.39 is 0 Å². The van der Waals surface area contributed by atoms with Crippen LogP contribution in [0.25, 0.3) is 0 Å². The Balaban J connectivity index is 1.52. The number of rotatable bonds is 8. The first-order valence-electron chi connectivity index (χ1n) is 11.1. The molecule has 32 heavy (non-hydrogen) atoms. The topological polar surface area (TPSA) is 57.1 Å². The van der Waals surface area contributed by atoms with Crippen LogP contribution in [-0.4, -0.2) is 17.8 Å². The molecule has 1 N–H and O–H groups in total. The van der Waals surface area contributed by atoms with E-state index in [2.05, 4.69) is 58.9 Å². The Morgan fingerprint density at radius 1 is 1.03 bits per heavy atom. The monoisotopic (exact) mass is 424 g/mol. The van der Waals surface area contributed by atoms with Crippen LogP contribution in [0.1, 0.15) is 55.3 Å². The summed E-state index contributed by atoms with van der Waals surface area (Å²) in [5, 5.41) is 11.2. The zero-order valence-electron chi connectivity index (χ0n) is 18.3. The van der Waals surface area contributed by atoms with Crippen molar-refractivity contribution < 1.29 is 4.79 Å². The third-order valence-electron chi connectivity index (χ3n) is 5.52. The maximum Gasteiger partial charge on any atom is 0.240 e. The van der Waals surface area contributed by atoms with Gasteiger partial charge in [-0.15, -0.1) is 0 Å². The molecule has 4 rings (SSSR count). The molecule has 0 fully saturated rings. The Hall–Kier alpha value is -3.73. The molecule has 0 radical (unpaired) electrons. The lowest BCUT2D eigenvalue weighted by molar-refractivity contribution is -0.121. The van der Waals surface area contributed by atoms with Crippen molar-refractivity contribution in [1.82, 2.24) is 5.43 Å². The maximum atomic E-state index is 11.7. The average molecular weight is 425 g/mol. The molecule has 1 amide bonds. The first-order chi connectivity index (χ1) is 15.7. The molecule has 0 spiro atoms. The Morgan fingerprint density at radius 3 is 2.41 bits per heavy atom.